The SMILES string of the molecule is N=C(/C=C(\Nc1ccccc1Cl)c1ccc(C(=O)Nc2ccc(F)cc2C(=O)O)cc1)C(F)(F)F. The number of halogens is 5. The predicted molar refractivity (Wildman–Crippen MR) is 125 cm³/mol. The molecule has 0 radical (unpaired) electrons. The number of hydrogen-bond donors (Lipinski definition) is 4. The van der Waals surface area contributed by atoms with E-state index < -0.39 is 35.1 Å². The Kier molecular flexibility index (Phi) is 7.55. The van der Waals surface area contributed by atoms with Crippen molar-refractivity contribution in [3.63, 3.8) is 0 Å². The average Bonchev–Trinajstić information content (AvgIpc) is 2.80. The summed E-state index contributed by atoms with van der Waals surface area (Å²) in [5.74, 6) is -2.96. The van der Waals surface area contributed by atoms with Crippen molar-refractivity contribution < 1.29 is 32.3 Å². The van der Waals surface area contributed by atoms with Gasteiger partial charge in [0.1, 0.15) is 11.5 Å². The number of amides is 1. The van der Waals surface area contributed by atoms with Crippen molar-refractivity contribution in [3.8, 4) is 0 Å². The Balaban J connectivity index is 1.90. The number of benzene rings is 3. The summed E-state index contributed by atoms with van der Waals surface area (Å²) in [6, 6.07) is 14.5. The highest BCUT2D eigenvalue weighted by molar-refractivity contribution is 6.33. The van der Waals surface area contributed by atoms with Crippen molar-refractivity contribution in [1.82, 2.24) is 0 Å². The van der Waals surface area contributed by atoms with Crippen molar-refractivity contribution in [2.45, 2.75) is 6.18 Å². The molecule has 3 aromatic carbocycles. The molecule has 0 unspecified atom stereocenters. The van der Waals surface area contributed by atoms with Crippen LogP contribution in [0, 0.1) is 11.2 Å². The van der Waals surface area contributed by atoms with Crippen LogP contribution < -0.4 is 10.6 Å². The summed E-state index contributed by atoms with van der Waals surface area (Å²) in [6.07, 6.45) is -4.29. The van der Waals surface area contributed by atoms with Gasteiger partial charge < -0.3 is 15.7 Å². The van der Waals surface area contributed by atoms with E-state index in [4.69, 9.17) is 17.0 Å². The highest BCUT2D eigenvalue weighted by atomic mass is 35.5. The number of nitrogens with one attached hydrogen (secondary N) is 3. The monoisotopic (exact) mass is 505 g/mol. The fraction of sp³-hybridized carbons (Fsp3) is 0.0417. The summed E-state index contributed by atoms with van der Waals surface area (Å²) in [4.78, 5) is 23.9. The van der Waals surface area contributed by atoms with Crippen molar-refractivity contribution in [1.29, 1.82) is 5.41 Å². The van der Waals surface area contributed by atoms with Gasteiger partial charge in [-0.3, -0.25) is 10.2 Å². The van der Waals surface area contributed by atoms with E-state index in [1.165, 1.54) is 36.4 Å². The molecule has 4 N–H and O–H groups in total. The van der Waals surface area contributed by atoms with Crippen LogP contribution in [0.3, 0.4) is 0 Å². The molecule has 180 valence electrons. The van der Waals surface area contributed by atoms with Crippen LogP contribution in [0.4, 0.5) is 28.9 Å². The number of rotatable bonds is 7. The van der Waals surface area contributed by atoms with Crippen LogP contribution in [0.5, 0.6) is 0 Å². The van der Waals surface area contributed by atoms with E-state index in [-0.39, 0.29) is 27.5 Å². The largest absolute Gasteiger partial charge is 0.478 e. The van der Waals surface area contributed by atoms with E-state index in [1.54, 1.807) is 12.1 Å². The molecule has 11 heteroatoms. The number of alkyl halides is 3. The minimum Gasteiger partial charge on any atom is -0.478 e. The fourth-order valence-electron chi connectivity index (χ4n) is 2.92. The quantitative estimate of drug-likeness (QED) is 0.218. The average molecular weight is 506 g/mol. The number of carbonyl (C=O) groups is 2. The zero-order valence-corrected chi connectivity index (χ0v) is 18.3. The summed E-state index contributed by atoms with van der Waals surface area (Å²) in [7, 11) is 0. The Morgan fingerprint density at radius 3 is 2.14 bits per heavy atom. The molecule has 0 bridgehead atoms. The first-order valence-electron chi connectivity index (χ1n) is 9.79. The molecule has 0 atom stereocenters. The van der Waals surface area contributed by atoms with Gasteiger partial charge in [0.05, 0.1) is 22.0 Å². The lowest BCUT2D eigenvalue weighted by Crippen LogP contribution is -2.20. The minimum absolute atomic E-state index is 0.0532. The lowest BCUT2D eigenvalue weighted by Gasteiger charge is -2.15. The van der Waals surface area contributed by atoms with Gasteiger partial charge in [0.2, 0.25) is 0 Å². The molecule has 0 aliphatic heterocycles. The third kappa shape index (κ3) is 6.45. The number of carboxylic acid groups (broad SMARTS) is 1. The van der Waals surface area contributed by atoms with E-state index in [0.29, 0.717) is 11.8 Å². The van der Waals surface area contributed by atoms with Crippen LogP contribution in [0.2, 0.25) is 5.02 Å². The maximum absolute atomic E-state index is 13.4. The van der Waals surface area contributed by atoms with Crippen LogP contribution in [0.1, 0.15) is 26.3 Å². The lowest BCUT2D eigenvalue weighted by atomic mass is 10.1. The number of para-hydroxylation sites is 1. The summed E-state index contributed by atoms with van der Waals surface area (Å²) in [5, 5.41) is 21.9. The second-order valence-electron chi connectivity index (χ2n) is 7.10. The van der Waals surface area contributed by atoms with Crippen molar-refractivity contribution in [3.05, 3.63) is 100 Å². The molecule has 6 nitrogen and oxygen atoms in total. The number of allylic oxidation sites excluding steroid dienone is 1. The van der Waals surface area contributed by atoms with E-state index in [1.807, 2.05) is 0 Å². The summed E-state index contributed by atoms with van der Waals surface area (Å²) in [5.41, 5.74) is -1.72. The summed E-state index contributed by atoms with van der Waals surface area (Å²) in [6.45, 7) is 0. The van der Waals surface area contributed by atoms with Gasteiger partial charge in [0, 0.05) is 11.3 Å². The second kappa shape index (κ2) is 10.4. The molecule has 0 spiro atoms. The molecule has 0 saturated carbocycles. The van der Waals surface area contributed by atoms with Gasteiger partial charge in [-0.15, -0.1) is 0 Å². The fourth-order valence-corrected chi connectivity index (χ4v) is 3.11. The molecule has 1 amide bonds. The Labute approximate surface area is 201 Å². The third-order valence-electron chi connectivity index (χ3n) is 4.66. The predicted octanol–water partition coefficient (Wildman–Crippen LogP) is 6.46. The van der Waals surface area contributed by atoms with Crippen LogP contribution in [-0.2, 0) is 0 Å². The molecule has 0 aliphatic rings. The number of hydrogen-bond acceptors (Lipinski definition) is 4. The Hall–Kier alpha value is -4.18. The van der Waals surface area contributed by atoms with Gasteiger partial charge in [0.15, 0.2) is 0 Å². The van der Waals surface area contributed by atoms with Gasteiger partial charge in [0.25, 0.3) is 5.91 Å². The van der Waals surface area contributed by atoms with Gasteiger partial charge in [-0.1, -0.05) is 35.9 Å². The normalized spacial score (nSPS) is 11.6. The zero-order valence-electron chi connectivity index (χ0n) is 17.6. The van der Waals surface area contributed by atoms with Crippen LogP contribution >= 0.6 is 11.6 Å². The first-order valence-corrected chi connectivity index (χ1v) is 10.2. The minimum atomic E-state index is -4.88. The number of carbonyl (C=O) groups excluding carboxylic acids is 1. The number of aromatic carboxylic acids is 1. The molecule has 0 saturated heterocycles. The highest BCUT2D eigenvalue weighted by Crippen LogP contribution is 2.28. The van der Waals surface area contributed by atoms with Gasteiger partial charge in [-0.25, -0.2) is 9.18 Å². The van der Waals surface area contributed by atoms with Gasteiger partial charge in [-0.05, 0) is 54.1 Å². The van der Waals surface area contributed by atoms with Crippen LogP contribution in [0.15, 0.2) is 72.8 Å². The van der Waals surface area contributed by atoms with Crippen molar-refractivity contribution in [2.75, 3.05) is 10.6 Å². The molecule has 0 heterocycles. The van der Waals surface area contributed by atoms with E-state index in [0.717, 1.165) is 18.2 Å². The standard InChI is InChI=1S/C24H16ClF4N3O3/c25-17-3-1-2-4-19(17)31-20(12-21(30)24(27,28)29)13-5-7-14(8-6-13)22(33)32-18-10-9-15(26)11-16(18)23(34)35/h1-12,30-31H,(H,32,33)(H,34,35)/b20-12-,30-21?. The number of carboxylic acids is 1. The molecule has 35 heavy (non-hydrogen) atoms. The molecule has 3 rings (SSSR count). The van der Waals surface area contributed by atoms with E-state index >= 15 is 0 Å². The van der Waals surface area contributed by atoms with Crippen LogP contribution in [0.25, 0.3) is 5.70 Å². The number of anilines is 2. The molecule has 3 aromatic rings. The Morgan fingerprint density at radius 1 is 0.914 bits per heavy atom. The molecule has 0 aliphatic carbocycles. The van der Waals surface area contributed by atoms with Gasteiger partial charge in [-0.2, -0.15) is 13.2 Å². The topological polar surface area (TPSA) is 102 Å². The molecular formula is C24H16ClF4N3O3. The smallest absolute Gasteiger partial charge is 0.432 e. The maximum atomic E-state index is 13.4. The first-order chi connectivity index (χ1) is 16.5. The van der Waals surface area contributed by atoms with Crippen molar-refractivity contribution >= 4 is 46.3 Å². The maximum Gasteiger partial charge on any atom is 0.432 e. The molecular weight excluding hydrogens is 490 g/mol. The van der Waals surface area contributed by atoms with Crippen molar-refractivity contribution in [2.24, 2.45) is 0 Å². The van der Waals surface area contributed by atoms with Gasteiger partial charge >= 0.3 is 12.1 Å². The Bertz CT molecular complexity index is 1320. The Morgan fingerprint density at radius 2 is 1.54 bits per heavy atom. The molecule has 0 fully saturated rings. The van der Waals surface area contributed by atoms with E-state index in [9.17, 15) is 32.3 Å². The zero-order chi connectivity index (χ0) is 25.8. The molecule has 0 aromatic heterocycles. The van der Waals surface area contributed by atoms with Crippen LogP contribution in [-0.4, -0.2) is 28.9 Å². The lowest BCUT2D eigenvalue weighted by molar-refractivity contribution is -0.0584. The highest BCUT2D eigenvalue weighted by Gasteiger charge is 2.33. The summed E-state index contributed by atoms with van der Waals surface area (Å²) < 4.78 is 52.3. The first kappa shape index (κ1) is 25.4. The van der Waals surface area contributed by atoms with E-state index in [2.05, 4.69) is 10.6 Å². The summed E-state index contributed by atoms with van der Waals surface area (Å²) >= 11 is 6.09. The second-order valence-corrected chi connectivity index (χ2v) is 7.51. The third-order valence-corrected chi connectivity index (χ3v) is 4.99.